The molecule has 0 saturated carbocycles. The van der Waals surface area contributed by atoms with E-state index in [1.807, 2.05) is 41.3 Å². The number of benzene rings is 3. The van der Waals surface area contributed by atoms with Crippen molar-refractivity contribution in [1.82, 2.24) is 0 Å². The van der Waals surface area contributed by atoms with Gasteiger partial charge in [-0.25, -0.2) is 0 Å². The summed E-state index contributed by atoms with van der Waals surface area (Å²) in [6.45, 7) is 2.09. The van der Waals surface area contributed by atoms with Crippen molar-refractivity contribution < 1.29 is 14.3 Å². The van der Waals surface area contributed by atoms with Crippen molar-refractivity contribution in [3.8, 4) is 11.5 Å². The van der Waals surface area contributed by atoms with Gasteiger partial charge in [0.15, 0.2) is 11.5 Å². The number of carbonyl (C=O) groups excluding carboxylic acids is 1. The highest BCUT2D eigenvalue weighted by molar-refractivity contribution is 6.07. The van der Waals surface area contributed by atoms with E-state index in [1.54, 1.807) is 32.4 Å². The number of nitrogens with zero attached hydrogens (tertiary/aromatic N) is 1. The molecule has 1 N–H and O–H groups in total. The zero-order valence-electron chi connectivity index (χ0n) is 17.5. The summed E-state index contributed by atoms with van der Waals surface area (Å²) >= 11 is 0. The minimum atomic E-state index is -0.0472. The molecule has 1 amide bonds. The van der Waals surface area contributed by atoms with Gasteiger partial charge in [0.2, 0.25) is 0 Å². The largest absolute Gasteiger partial charge is 0.493 e. The average Bonchev–Trinajstić information content (AvgIpc) is 2.79. The lowest BCUT2D eigenvalue weighted by Crippen LogP contribution is -2.44. The molecule has 3 aromatic carbocycles. The van der Waals surface area contributed by atoms with Gasteiger partial charge in [-0.1, -0.05) is 36.4 Å². The Bertz CT molecular complexity index is 1040. The van der Waals surface area contributed by atoms with Crippen LogP contribution in [0.25, 0.3) is 0 Å². The van der Waals surface area contributed by atoms with Crippen molar-refractivity contribution in [3.63, 3.8) is 0 Å². The number of hydrogen-bond donors (Lipinski definition) is 1. The van der Waals surface area contributed by atoms with Gasteiger partial charge in [0.1, 0.15) is 0 Å². The summed E-state index contributed by atoms with van der Waals surface area (Å²) in [5, 5.41) is 3.63. The molecular formula is C25H26N2O3. The maximum Gasteiger partial charge on any atom is 0.258 e. The van der Waals surface area contributed by atoms with E-state index in [9.17, 15) is 4.79 Å². The van der Waals surface area contributed by atoms with E-state index in [-0.39, 0.29) is 18.0 Å². The number of amides is 1. The van der Waals surface area contributed by atoms with E-state index < -0.39 is 0 Å². The molecule has 5 heteroatoms. The molecular weight excluding hydrogens is 376 g/mol. The third-order valence-corrected chi connectivity index (χ3v) is 5.55. The van der Waals surface area contributed by atoms with Gasteiger partial charge in [-0.15, -0.1) is 0 Å². The third kappa shape index (κ3) is 3.71. The smallest absolute Gasteiger partial charge is 0.258 e. The number of hydrogen-bond acceptors (Lipinski definition) is 4. The van der Waals surface area contributed by atoms with E-state index >= 15 is 0 Å². The predicted molar refractivity (Wildman–Crippen MR) is 120 cm³/mol. The average molecular weight is 402 g/mol. The zero-order valence-corrected chi connectivity index (χ0v) is 17.5. The monoisotopic (exact) mass is 402 g/mol. The van der Waals surface area contributed by atoms with Gasteiger partial charge in [0.25, 0.3) is 5.91 Å². The van der Waals surface area contributed by atoms with Crippen LogP contribution < -0.4 is 19.7 Å². The minimum Gasteiger partial charge on any atom is -0.493 e. The molecule has 1 heterocycles. The quantitative estimate of drug-likeness (QED) is 0.629. The highest BCUT2D eigenvalue weighted by Gasteiger charge is 2.34. The van der Waals surface area contributed by atoms with E-state index in [4.69, 9.17) is 9.47 Å². The first-order valence-electron chi connectivity index (χ1n) is 10.1. The number of fused-ring (bicyclic) bond motifs is 1. The standard InChI is InChI=1S/C25H26N2O3/c1-17-15-21(26-19-9-5-4-6-10-19)20-11-7-8-12-22(20)27(17)25(28)18-13-14-23(29-2)24(16-18)30-3/h4-14,16-17,21,26H,15H2,1-3H3. The van der Waals surface area contributed by atoms with Gasteiger partial charge in [0, 0.05) is 23.0 Å². The molecule has 4 rings (SSSR count). The first-order valence-corrected chi connectivity index (χ1v) is 10.1. The van der Waals surface area contributed by atoms with Crippen molar-refractivity contribution in [2.24, 2.45) is 0 Å². The third-order valence-electron chi connectivity index (χ3n) is 5.55. The lowest BCUT2D eigenvalue weighted by Gasteiger charge is -2.40. The maximum atomic E-state index is 13.5. The molecule has 0 radical (unpaired) electrons. The summed E-state index contributed by atoms with van der Waals surface area (Å²) in [7, 11) is 3.16. The van der Waals surface area contributed by atoms with Crippen LogP contribution >= 0.6 is 0 Å². The second-order valence-corrected chi connectivity index (χ2v) is 7.45. The SMILES string of the molecule is COc1ccc(C(=O)N2c3ccccc3C(Nc3ccccc3)CC2C)cc1OC. The van der Waals surface area contributed by atoms with Crippen LogP contribution in [-0.2, 0) is 0 Å². The van der Waals surface area contributed by atoms with Gasteiger partial charge >= 0.3 is 0 Å². The lowest BCUT2D eigenvalue weighted by molar-refractivity contribution is 0.0973. The molecule has 0 aliphatic carbocycles. The number of methoxy groups -OCH3 is 2. The van der Waals surface area contributed by atoms with Crippen LogP contribution in [0.3, 0.4) is 0 Å². The van der Waals surface area contributed by atoms with Crippen molar-refractivity contribution in [1.29, 1.82) is 0 Å². The second kappa shape index (κ2) is 8.49. The van der Waals surface area contributed by atoms with Crippen molar-refractivity contribution in [2.75, 3.05) is 24.4 Å². The van der Waals surface area contributed by atoms with Gasteiger partial charge < -0.3 is 19.7 Å². The molecule has 2 unspecified atom stereocenters. The van der Waals surface area contributed by atoms with E-state index in [0.717, 1.165) is 23.4 Å². The fraction of sp³-hybridized carbons (Fsp3) is 0.240. The molecule has 5 nitrogen and oxygen atoms in total. The summed E-state index contributed by atoms with van der Waals surface area (Å²) < 4.78 is 10.7. The van der Waals surface area contributed by atoms with Crippen LogP contribution in [0, 0.1) is 0 Å². The number of rotatable bonds is 5. The first-order chi connectivity index (χ1) is 14.6. The summed E-state index contributed by atoms with van der Waals surface area (Å²) in [4.78, 5) is 15.4. The Morgan fingerprint density at radius 2 is 1.63 bits per heavy atom. The molecule has 154 valence electrons. The Hall–Kier alpha value is -3.47. The molecule has 0 bridgehead atoms. The molecule has 0 saturated heterocycles. The zero-order chi connectivity index (χ0) is 21.1. The van der Waals surface area contributed by atoms with Crippen molar-refractivity contribution in [3.05, 3.63) is 83.9 Å². The van der Waals surface area contributed by atoms with Crippen LogP contribution in [0.1, 0.15) is 35.3 Å². The van der Waals surface area contributed by atoms with E-state index in [0.29, 0.717) is 17.1 Å². The fourth-order valence-electron chi connectivity index (χ4n) is 4.10. The molecule has 3 aromatic rings. The summed E-state index contributed by atoms with van der Waals surface area (Å²) in [6.07, 6.45) is 0.810. The van der Waals surface area contributed by atoms with E-state index in [1.165, 1.54) is 0 Å². The fourth-order valence-corrected chi connectivity index (χ4v) is 4.10. The number of nitrogens with one attached hydrogen (secondary N) is 1. The highest BCUT2D eigenvalue weighted by Crippen LogP contribution is 2.40. The van der Waals surface area contributed by atoms with Crippen molar-refractivity contribution >= 4 is 17.3 Å². The molecule has 0 aromatic heterocycles. The second-order valence-electron chi connectivity index (χ2n) is 7.45. The predicted octanol–water partition coefficient (Wildman–Crippen LogP) is 5.30. The number of para-hydroxylation sites is 2. The summed E-state index contributed by atoms with van der Waals surface area (Å²) in [6, 6.07) is 23.7. The first kappa shape index (κ1) is 19.8. The molecule has 1 aliphatic heterocycles. The molecule has 1 aliphatic rings. The summed E-state index contributed by atoms with van der Waals surface area (Å²) in [5.41, 5.74) is 3.70. The Balaban J connectivity index is 1.68. The van der Waals surface area contributed by atoms with Gasteiger partial charge in [0.05, 0.1) is 20.3 Å². The van der Waals surface area contributed by atoms with Crippen LogP contribution in [0.15, 0.2) is 72.8 Å². The number of carbonyl (C=O) groups is 1. The van der Waals surface area contributed by atoms with Crippen LogP contribution in [-0.4, -0.2) is 26.2 Å². The molecule has 0 fully saturated rings. The highest BCUT2D eigenvalue weighted by atomic mass is 16.5. The topological polar surface area (TPSA) is 50.8 Å². The maximum absolute atomic E-state index is 13.5. The van der Waals surface area contributed by atoms with E-state index in [2.05, 4.69) is 30.4 Å². The number of ether oxygens (including phenoxy) is 2. The van der Waals surface area contributed by atoms with Gasteiger partial charge in [-0.3, -0.25) is 4.79 Å². The Morgan fingerprint density at radius 1 is 0.933 bits per heavy atom. The van der Waals surface area contributed by atoms with Crippen molar-refractivity contribution in [2.45, 2.75) is 25.4 Å². The normalized spacial score (nSPS) is 17.8. The van der Waals surface area contributed by atoms with Crippen LogP contribution in [0.4, 0.5) is 11.4 Å². The van der Waals surface area contributed by atoms with Gasteiger partial charge in [-0.2, -0.15) is 0 Å². The lowest BCUT2D eigenvalue weighted by atomic mass is 9.90. The number of anilines is 2. The minimum absolute atomic E-state index is 0.0294. The summed E-state index contributed by atoms with van der Waals surface area (Å²) in [5.74, 6) is 1.10. The Labute approximate surface area is 177 Å². The van der Waals surface area contributed by atoms with Crippen LogP contribution in [0.2, 0.25) is 0 Å². The Kier molecular flexibility index (Phi) is 5.61. The Morgan fingerprint density at radius 3 is 2.37 bits per heavy atom. The molecule has 30 heavy (non-hydrogen) atoms. The van der Waals surface area contributed by atoms with Crippen LogP contribution in [0.5, 0.6) is 11.5 Å². The molecule has 0 spiro atoms. The molecule has 2 atom stereocenters. The van der Waals surface area contributed by atoms with Gasteiger partial charge in [-0.05, 0) is 55.3 Å².